The van der Waals surface area contributed by atoms with Crippen molar-refractivity contribution in [3.63, 3.8) is 0 Å². The van der Waals surface area contributed by atoms with Gasteiger partial charge in [0.2, 0.25) is 0 Å². The number of hydrogen-bond donors (Lipinski definition) is 4. The lowest BCUT2D eigenvalue weighted by atomic mass is 10.2. The van der Waals surface area contributed by atoms with Crippen molar-refractivity contribution in [2.24, 2.45) is 7.05 Å². The third kappa shape index (κ3) is 4.90. The van der Waals surface area contributed by atoms with Crippen molar-refractivity contribution in [1.29, 1.82) is 0 Å². The van der Waals surface area contributed by atoms with Crippen LogP contribution in [0.25, 0.3) is 0 Å². The van der Waals surface area contributed by atoms with Crippen molar-refractivity contribution in [2.75, 3.05) is 22.2 Å². The summed E-state index contributed by atoms with van der Waals surface area (Å²) in [4.78, 5) is 25.0. The van der Waals surface area contributed by atoms with Crippen LogP contribution in [-0.2, 0) is 7.05 Å². The predicted octanol–water partition coefficient (Wildman–Crippen LogP) is 3.62. The van der Waals surface area contributed by atoms with Gasteiger partial charge < -0.3 is 16.0 Å². The Balaban J connectivity index is 1.41. The summed E-state index contributed by atoms with van der Waals surface area (Å²) in [5.74, 6) is -0.233. The zero-order valence-corrected chi connectivity index (χ0v) is 18.3. The van der Waals surface area contributed by atoms with E-state index >= 15 is 0 Å². The number of carbonyl (C=O) groups excluding carboxylic acids is 2. The Morgan fingerprint density at radius 1 is 1.06 bits per heavy atom. The highest BCUT2D eigenvalue weighted by Gasteiger charge is 2.17. The van der Waals surface area contributed by atoms with E-state index in [2.05, 4.69) is 26.5 Å². The molecule has 0 saturated carbocycles. The molecule has 0 unspecified atom stereocenters. The van der Waals surface area contributed by atoms with E-state index in [1.807, 2.05) is 13.0 Å². The van der Waals surface area contributed by atoms with E-state index in [1.165, 1.54) is 0 Å². The summed E-state index contributed by atoms with van der Waals surface area (Å²) in [6, 6.07) is 13.8. The fourth-order valence-electron chi connectivity index (χ4n) is 3.24. The molecule has 164 valence electrons. The third-order valence-electron chi connectivity index (χ3n) is 4.77. The van der Waals surface area contributed by atoms with Crippen LogP contribution >= 0.6 is 11.6 Å². The molecule has 0 bridgehead atoms. The number of hydrazine groups is 1. The Morgan fingerprint density at radius 3 is 2.62 bits per heavy atom. The number of anilines is 3. The number of hydrogen-bond acceptors (Lipinski definition) is 5. The van der Waals surface area contributed by atoms with Crippen LogP contribution in [0, 0.1) is 6.92 Å². The highest BCUT2D eigenvalue weighted by molar-refractivity contribution is 6.33. The Bertz CT molecular complexity index is 1200. The number of para-hydroxylation sites is 1. The summed E-state index contributed by atoms with van der Waals surface area (Å²) in [5, 5.41) is 14.8. The van der Waals surface area contributed by atoms with Crippen LogP contribution < -0.4 is 26.4 Å². The Labute approximate surface area is 190 Å². The highest BCUT2D eigenvalue weighted by atomic mass is 35.5. The molecular formula is C22H22ClN7O2. The van der Waals surface area contributed by atoms with E-state index in [1.54, 1.807) is 71.6 Å². The van der Waals surface area contributed by atoms with E-state index in [0.29, 0.717) is 34.2 Å². The second-order valence-corrected chi connectivity index (χ2v) is 7.63. The number of benzene rings is 2. The molecule has 0 aliphatic carbocycles. The van der Waals surface area contributed by atoms with Gasteiger partial charge in [0, 0.05) is 25.0 Å². The number of rotatable bonds is 5. The summed E-state index contributed by atoms with van der Waals surface area (Å²) in [5.41, 5.74) is 7.01. The SMILES string of the molecule is Cc1nn(C)cc1NC(=O)c1cccc(N2C=C(NC(=O)Nc3ccccc3Cl)CN2)c1. The molecule has 9 nitrogen and oxygen atoms in total. The standard InChI is InChI=1S/C22H22ClN7O2/c1-14-20(13-29(2)28-14)26-21(31)15-6-5-7-17(10-15)30-12-16(11-24-30)25-22(32)27-19-9-4-3-8-18(19)23/h3-10,12-13,24H,11H2,1-2H3,(H,26,31)(H2,25,27,32). The monoisotopic (exact) mass is 451 g/mol. The van der Waals surface area contributed by atoms with Crippen molar-refractivity contribution in [2.45, 2.75) is 6.92 Å². The highest BCUT2D eigenvalue weighted by Crippen LogP contribution is 2.22. The normalized spacial score (nSPS) is 13.0. The van der Waals surface area contributed by atoms with Gasteiger partial charge in [-0.2, -0.15) is 5.10 Å². The van der Waals surface area contributed by atoms with Crippen LogP contribution in [-0.4, -0.2) is 28.3 Å². The first-order valence-electron chi connectivity index (χ1n) is 9.86. The molecule has 2 aromatic carbocycles. The molecule has 3 amide bonds. The molecule has 2 heterocycles. The molecule has 0 spiro atoms. The molecular weight excluding hydrogens is 430 g/mol. The molecule has 0 fully saturated rings. The fraction of sp³-hybridized carbons (Fsp3) is 0.136. The maximum Gasteiger partial charge on any atom is 0.323 e. The first-order chi connectivity index (χ1) is 15.4. The van der Waals surface area contributed by atoms with Crippen molar-refractivity contribution < 1.29 is 9.59 Å². The van der Waals surface area contributed by atoms with E-state index in [-0.39, 0.29) is 5.91 Å². The minimum atomic E-state index is -0.395. The van der Waals surface area contributed by atoms with Crippen LogP contribution in [0.5, 0.6) is 0 Å². The van der Waals surface area contributed by atoms with E-state index < -0.39 is 6.03 Å². The van der Waals surface area contributed by atoms with E-state index in [9.17, 15) is 9.59 Å². The molecule has 0 atom stereocenters. The lowest BCUT2D eigenvalue weighted by Gasteiger charge is -2.16. The van der Waals surface area contributed by atoms with Gasteiger partial charge in [0.1, 0.15) is 0 Å². The summed E-state index contributed by atoms with van der Waals surface area (Å²) in [7, 11) is 1.80. The smallest absolute Gasteiger partial charge is 0.319 e. The molecule has 10 heteroatoms. The van der Waals surface area contributed by atoms with Crippen molar-refractivity contribution in [3.8, 4) is 0 Å². The minimum Gasteiger partial charge on any atom is -0.319 e. The van der Waals surface area contributed by atoms with Gasteiger partial charge in [-0.3, -0.25) is 14.5 Å². The number of urea groups is 1. The first kappa shape index (κ1) is 21.4. The van der Waals surface area contributed by atoms with E-state index in [0.717, 1.165) is 11.4 Å². The first-order valence-corrected chi connectivity index (χ1v) is 10.2. The molecule has 4 rings (SSSR count). The van der Waals surface area contributed by atoms with Crippen molar-refractivity contribution >= 4 is 40.6 Å². The second kappa shape index (κ2) is 9.13. The molecule has 1 aliphatic rings. The lowest BCUT2D eigenvalue weighted by Crippen LogP contribution is -2.31. The lowest BCUT2D eigenvalue weighted by molar-refractivity contribution is 0.102. The van der Waals surface area contributed by atoms with E-state index in [4.69, 9.17) is 11.6 Å². The van der Waals surface area contributed by atoms with Gasteiger partial charge in [0.25, 0.3) is 5.91 Å². The predicted molar refractivity (Wildman–Crippen MR) is 125 cm³/mol. The van der Waals surface area contributed by atoms with Gasteiger partial charge in [-0.15, -0.1) is 0 Å². The molecule has 4 N–H and O–H groups in total. The third-order valence-corrected chi connectivity index (χ3v) is 5.10. The maximum absolute atomic E-state index is 12.7. The van der Waals surface area contributed by atoms with Gasteiger partial charge in [-0.05, 0) is 37.3 Å². The number of nitrogens with zero attached hydrogens (tertiary/aromatic N) is 3. The number of amides is 3. The summed E-state index contributed by atoms with van der Waals surface area (Å²) in [6.07, 6.45) is 3.52. The summed E-state index contributed by atoms with van der Waals surface area (Å²) < 4.78 is 1.65. The maximum atomic E-state index is 12.7. The number of aryl methyl sites for hydroxylation is 2. The number of aromatic nitrogens is 2. The van der Waals surface area contributed by atoms with Crippen LogP contribution in [0.4, 0.5) is 21.9 Å². The molecule has 1 aliphatic heterocycles. The van der Waals surface area contributed by atoms with Gasteiger partial charge >= 0.3 is 6.03 Å². The Morgan fingerprint density at radius 2 is 1.88 bits per heavy atom. The summed E-state index contributed by atoms with van der Waals surface area (Å²) >= 11 is 6.07. The Kier molecular flexibility index (Phi) is 6.11. The van der Waals surface area contributed by atoms with Gasteiger partial charge in [-0.25, -0.2) is 10.2 Å². The number of halogens is 1. The molecule has 0 saturated heterocycles. The fourth-order valence-corrected chi connectivity index (χ4v) is 3.42. The molecule has 32 heavy (non-hydrogen) atoms. The molecule has 1 aromatic heterocycles. The average molecular weight is 452 g/mol. The largest absolute Gasteiger partial charge is 0.323 e. The van der Waals surface area contributed by atoms with Gasteiger partial charge in [0.05, 0.1) is 40.0 Å². The van der Waals surface area contributed by atoms with Crippen LogP contribution in [0.15, 0.2) is 66.6 Å². The van der Waals surface area contributed by atoms with Gasteiger partial charge in [0.15, 0.2) is 0 Å². The average Bonchev–Trinajstić information content (AvgIpc) is 3.35. The zero-order chi connectivity index (χ0) is 22.7. The Hall–Kier alpha value is -3.82. The van der Waals surface area contributed by atoms with Gasteiger partial charge in [-0.1, -0.05) is 29.8 Å². The number of nitrogens with one attached hydrogen (secondary N) is 4. The van der Waals surface area contributed by atoms with Crippen molar-refractivity contribution in [1.82, 2.24) is 20.5 Å². The minimum absolute atomic E-state index is 0.233. The number of carbonyl (C=O) groups is 2. The topological polar surface area (TPSA) is 103 Å². The summed E-state index contributed by atoms with van der Waals surface area (Å²) in [6.45, 7) is 2.25. The zero-order valence-electron chi connectivity index (χ0n) is 17.5. The van der Waals surface area contributed by atoms with Crippen LogP contribution in [0.2, 0.25) is 5.02 Å². The van der Waals surface area contributed by atoms with Crippen LogP contribution in [0.3, 0.4) is 0 Å². The molecule has 3 aromatic rings. The van der Waals surface area contributed by atoms with Crippen molar-refractivity contribution in [3.05, 3.63) is 82.9 Å². The quantitative estimate of drug-likeness (QED) is 0.474. The second-order valence-electron chi connectivity index (χ2n) is 7.22. The molecule has 0 radical (unpaired) electrons. The van der Waals surface area contributed by atoms with Crippen LogP contribution in [0.1, 0.15) is 16.1 Å².